The Kier molecular flexibility index (Phi) is 3.31. The van der Waals surface area contributed by atoms with Gasteiger partial charge in [-0.1, -0.05) is 12.1 Å². The Hall–Kier alpha value is -1.68. The zero-order valence-electron chi connectivity index (χ0n) is 8.54. The van der Waals surface area contributed by atoms with Crippen LogP contribution in [0.1, 0.15) is 16.5 Å². The van der Waals surface area contributed by atoms with E-state index < -0.39 is 0 Å². The number of phenolic OH excluding ortho intramolecular Hbond substituents is 1. The number of hydrogen-bond acceptors (Lipinski definition) is 4. The van der Waals surface area contributed by atoms with E-state index in [9.17, 15) is 4.79 Å². The molecule has 0 amide bonds. The molecule has 0 fully saturated rings. The van der Waals surface area contributed by atoms with E-state index in [1.54, 1.807) is 18.3 Å². The fourth-order valence-electron chi connectivity index (χ4n) is 1.50. The summed E-state index contributed by atoms with van der Waals surface area (Å²) >= 11 is 1.49. The molecule has 0 aliphatic rings. The fourth-order valence-corrected chi connectivity index (χ4v) is 2.19. The Morgan fingerprint density at radius 1 is 1.38 bits per heavy atom. The molecule has 1 atom stereocenters. The molecule has 2 aromatic rings. The van der Waals surface area contributed by atoms with Gasteiger partial charge in [0.05, 0.1) is 5.92 Å². The molecule has 0 aliphatic heterocycles. The van der Waals surface area contributed by atoms with Gasteiger partial charge in [-0.05, 0) is 24.1 Å². The third kappa shape index (κ3) is 2.46. The molecule has 82 valence electrons. The summed E-state index contributed by atoms with van der Waals surface area (Å²) in [5, 5.41) is 11.9. The smallest absolute Gasteiger partial charge is 0.130 e. The van der Waals surface area contributed by atoms with E-state index >= 15 is 0 Å². The zero-order chi connectivity index (χ0) is 11.4. The summed E-state index contributed by atoms with van der Waals surface area (Å²) in [6.45, 7) is 0. The van der Waals surface area contributed by atoms with Crippen molar-refractivity contribution in [2.45, 2.75) is 12.3 Å². The van der Waals surface area contributed by atoms with Crippen LogP contribution >= 0.6 is 11.3 Å². The third-order valence-electron chi connectivity index (χ3n) is 2.32. The van der Waals surface area contributed by atoms with Gasteiger partial charge in [-0.3, -0.25) is 0 Å². The summed E-state index contributed by atoms with van der Waals surface area (Å²) in [5.41, 5.74) is 1.02. The molecule has 0 spiro atoms. The quantitative estimate of drug-likeness (QED) is 0.825. The summed E-state index contributed by atoms with van der Waals surface area (Å²) in [4.78, 5) is 15.1. The summed E-state index contributed by atoms with van der Waals surface area (Å²) in [6.07, 6.45) is 3.25. The second-order valence-electron chi connectivity index (χ2n) is 3.48. The van der Waals surface area contributed by atoms with Crippen LogP contribution in [-0.4, -0.2) is 16.4 Å². The van der Waals surface area contributed by atoms with E-state index in [4.69, 9.17) is 5.11 Å². The van der Waals surface area contributed by atoms with E-state index in [1.165, 1.54) is 11.3 Å². The first-order valence-electron chi connectivity index (χ1n) is 4.92. The predicted octanol–water partition coefficient (Wildman–Crippen LogP) is 2.37. The number of hydrogen-bond donors (Lipinski definition) is 1. The van der Waals surface area contributed by atoms with E-state index in [0.29, 0.717) is 6.42 Å². The number of aldehydes is 1. The van der Waals surface area contributed by atoms with Gasteiger partial charge in [0, 0.05) is 11.6 Å². The highest BCUT2D eigenvalue weighted by molar-refractivity contribution is 7.09. The Bertz CT molecular complexity index is 450. The van der Waals surface area contributed by atoms with Gasteiger partial charge in [-0.25, -0.2) is 4.98 Å². The molecule has 3 nitrogen and oxygen atoms in total. The SMILES string of the molecule is O=CC(Cc1ccc(O)cc1)c1nccs1. The number of phenols is 1. The first kappa shape index (κ1) is 10.8. The monoisotopic (exact) mass is 233 g/mol. The third-order valence-corrected chi connectivity index (χ3v) is 3.23. The van der Waals surface area contributed by atoms with Crippen LogP contribution in [0, 0.1) is 0 Å². The Morgan fingerprint density at radius 2 is 2.12 bits per heavy atom. The lowest BCUT2D eigenvalue weighted by atomic mass is 10.0. The number of nitrogens with zero attached hydrogens (tertiary/aromatic N) is 1. The standard InChI is InChI=1S/C12H11NO2S/c14-8-10(12-13-5-6-16-12)7-9-1-3-11(15)4-2-9/h1-6,8,10,15H,7H2. The number of carbonyl (C=O) groups is 1. The molecule has 1 heterocycles. The van der Waals surface area contributed by atoms with E-state index in [2.05, 4.69) is 4.98 Å². The minimum Gasteiger partial charge on any atom is -0.508 e. The Labute approximate surface area is 97.4 Å². The lowest BCUT2D eigenvalue weighted by Gasteiger charge is -2.06. The van der Waals surface area contributed by atoms with Crippen LogP contribution in [-0.2, 0) is 11.2 Å². The largest absolute Gasteiger partial charge is 0.508 e. The van der Waals surface area contributed by atoms with Crippen LogP contribution in [0.25, 0.3) is 0 Å². The minimum atomic E-state index is -0.190. The predicted molar refractivity (Wildman–Crippen MR) is 62.7 cm³/mol. The Balaban J connectivity index is 2.13. The highest BCUT2D eigenvalue weighted by atomic mass is 32.1. The van der Waals surface area contributed by atoms with Crippen molar-refractivity contribution in [3.8, 4) is 5.75 Å². The molecule has 0 aliphatic carbocycles. The number of thiazole rings is 1. The molecular formula is C12H11NO2S. The number of aromatic hydroxyl groups is 1. The molecule has 2 rings (SSSR count). The lowest BCUT2D eigenvalue weighted by molar-refractivity contribution is -0.109. The van der Waals surface area contributed by atoms with Crippen molar-refractivity contribution in [1.29, 1.82) is 0 Å². The first-order valence-corrected chi connectivity index (χ1v) is 5.80. The van der Waals surface area contributed by atoms with Gasteiger partial charge in [0.25, 0.3) is 0 Å². The number of carbonyl (C=O) groups excluding carboxylic acids is 1. The molecule has 0 bridgehead atoms. The summed E-state index contributed by atoms with van der Waals surface area (Å²) < 4.78 is 0. The Morgan fingerprint density at radius 3 is 2.69 bits per heavy atom. The van der Waals surface area contributed by atoms with E-state index in [1.807, 2.05) is 17.5 Å². The fraction of sp³-hybridized carbons (Fsp3) is 0.167. The molecule has 1 unspecified atom stereocenters. The van der Waals surface area contributed by atoms with Gasteiger partial charge >= 0.3 is 0 Å². The molecule has 1 aromatic heterocycles. The molecular weight excluding hydrogens is 222 g/mol. The molecule has 0 saturated carbocycles. The second kappa shape index (κ2) is 4.90. The van der Waals surface area contributed by atoms with Gasteiger partial charge in [0.2, 0.25) is 0 Å². The van der Waals surface area contributed by atoms with Crippen molar-refractivity contribution in [3.63, 3.8) is 0 Å². The van der Waals surface area contributed by atoms with Crippen molar-refractivity contribution >= 4 is 17.6 Å². The second-order valence-corrected chi connectivity index (χ2v) is 4.41. The molecule has 4 heteroatoms. The maximum absolute atomic E-state index is 11.0. The van der Waals surface area contributed by atoms with Crippen LogP contribution in [0.2, 0.25) is 0 Å². The maximum atomic E-state index is 11.0. The molecule has 1 aromatic carbocycles. The number of rotatable bonds is 4. The van der Waals surface area contributed by atoms with Crippen molar-refractivity contribution in [1.82, 2.24) is 4.98 Å². The topological polar surface area (TPSA) is 50.2 Å². The van der Waals surface area contributed by atoms with Gasteiger partial charge in [-0.15, -0.1) is 11.3 Å². The average molecular weight is 233 g/mol. The number of benzene rings is 1. The molecule has 0 saturated heterocycles. The van der Waals surface area contributed by atoms with Crippen LogP contribution in [0.3, 0.4) is 0 Å². The lowest BCUT2D eigenvalue weighted by Crippen LogP contribution is -2.03. The minimum absolute atomic E-state index is 0.190. The van der Waals surface area contributed by atoms with Crippen molar-refractivity contribution < 1.29 is 9.90 Å². The van der Waals surface area contributed by atoms with Gasteiger partial charge in [0.1, 0.15) is 17.0 Å². The van der Waals surface area contributed by atoms with E-state index in [0.717, 1.165) is 16.9 Å². The van der Waals surface area contributed by atoms with Crippen LogP contribution < -0.4 is 0 Å². The van der Waals surface area contributed by atoms with Crippen LogP contribution in [0.4, 0.5) is 0 Å². The van der Waals surface area contributed by atoms with Crippen molar-refractivity contribution in [2.75, 3.05) is 0 Å². The van der Waals surface area contributed by atoms with Gasteiger partial charge in [0.15, 0.2) is 0 Å². The summed E-state index contributed by atoms with van der Waals surface area (Å²) in [7, 11) is 0. The highest BCUT2D eigenvalue weighted by Crippen LogP contribution is 2.21. The summed E-state index contributed by atoms with van der Waals surface area (Å²) in [6, 6.07) is 6.89. The molecule has 1 N–H and O–H groups in total. The van der Waals surface area contributed by atoms with Crippen molar-refractivity contribution in [3.05, 3.63) is 46.4 Å². The van der Waals surface area contributed by atoms with Crippen LogP contribution in [0.5, 0.6) is 5.75 Å². The summed E-state index contributed by atoms with van der Waals surface area (Å²) in [5.74, 6) is 0.0465. The highest BCUT2D eigenvalue weighted by Gasteiger charge is 2.13. The van der Waals surface area contributed by atoms with Crippen molar-refractivity contribution in [2.24, 2.45) is 0 Å². The molecule has 16 heavy (non-hydrogen) atoms. The maximum Gasteiger partial charge on any atom is 0.130 e. The van der Waals surface area contributed by atoms with E-state index in [-0.39, 0.29) is 11.7 Å². The molecule has 0 radical (unpaired) electrons. The zero-order valence-corrected chi connectivity index (χ0v) is 9.35. The van der Waals surface area contributed by atoms with Gasteiger partial charge in [-0.2, -0.15) is 0 Å². The van der Waals surface area contributed by atoms with Crippen LogP contribution in [0.15, 0.2) is 35.8 Å². The first-order chi connectivity index (χ1) is 7.79. The average Bonchev–Trinajstić information content (AvgIpc) is 2.82. The van der Waals surface area contributed by atoms with Gasteiger partial charge < -0.3 is 9.90 Å². The number of aromatic nitrogens is 1. The normalized spacial score (nSPS) is 12.2.